The van der Waals surface area contributed by atoms with Gasteiger partial charge < -0.3 is 0 Å². The summed E-state index contributed by atoms with van der Waals surface area (Å²) in [6, 6.07) is 0. The van der Waals surface area contributed by atoms with Gasteiger partial charge in [-0.05, 0) is 26.7 Å². The second kappa shape index (κ2) is 3.35. The molecule has 0 spiro atoms. The molecule has 0 fully saturated rings. The Morgan fingerprint density at radius 2 is 1.60 bits per heavy atom. The summed E-state index contributed by atoms with van der Waals surface area (Å²) in [5.74, 6) is 0.490. The van der Waals surface area contributed by atoms with Crippen molar-refractivity contribution in [2.75, 3.05) is 0 Å². The summed E-state index contributed by atoms with van der Waals surface area (Å²) in [6.45, 7) is 9.94. The van der Waals surface area contributed by atoms with Crippen LogP contribution in [0, 0.1) is 5.92 Å². The van der Waals surface area contributed by atoms with Crippen LogP contribution in [0.1, 0.15) is 34.6 Å². The summed E-state index contributed by atoms with van der Waals surface area (Å²) in [4.78, 5) is 0. The average Bonchev–Trinajstić information content (AvgIpc) is 1.60. The van der Waals surface area contributed by atoms with Crippen LogP contribution in [0.5, 0.6) is 0 Å². The molecular formula is C8H18NO. The summed E-state index contributed by atoms with van der Waals surface area (Å²) < 4.78 is 0. The monoisotopic (exact) mass is 144 g/mol. The summed E-state index contributed by atoms with van der Waals surface area (Å²) in [6.07, 6.45) is -0.669. The molecule has 1 atom stereocenters. The predicted octanol–water partition coefficient (Wildman–Crippen LogP) is 1.79. The summed E-state index contributed by atoms with van der Waals surface area (Å²) >= 11 is 0. The Morgan fingerprint density at radius 3 is 1.70 bits per heavy atom. The van der Waals surface area contributed by atoms with Crippen molar-refractivity contribution >= 4 is 0 Å². The SMILES string of the molecule is CC([O])NC(C)(C)C(C)C. The number of hydrogen-bond acceptors (Lipinski definition) is 1. The van der Waals surface area contributed by atoms with Crippen molar-refractivity contribution in [1.82, 2.24) is 5.32 Å². The maximum Gasteiger partial charge on any atom is 0.141 e. The van der Waals surface area contributed by atoms with Crippen LogP contribution in [0.15, 0.2) is 0 Å². The van der Waals surface area contributed by atoms with E-state index in [1.54, 1.807) is 6.92 Å². The van der Waals surface area contributed by atoms with Crippen molar-refractivity contribution < 1.29 is 5.11 Å². The van der Waals surface area contributed by atoms with Crippen LogP contribution >= 0.6 is 0 Å². The van der Waals surface area contributed by atoms with Crippen molar-refractivity contribution in [2.45, 2.75) is 46.4 Å². The van der Waals surface area contributed by atoms with Crippen LogP contribution < -0.4 is 5.32 Å². The van der Waals surface area contributed by atoms with Crippen LogP contribution in [0.4, 0.5) is 0 Å². The van der Waals surface area contributed by atoms with Gasteiger partial charge in [-0.1, -0.05) is 13.8 Å². The van der Waals surface area contributed by atoms with Crippen LogP contribution in [0.3, 0.4) is 0 Å². The van der Waals surface area contributed by atoms with Gasteiger partial charge in [0.05, 0.1) is 0 Å². The van der Waals surface area contributed by atoms with E-state index in [-0.39, 0.29) is 5.54 Å². The van der Waals surface area contributed by atoms with E-state index in [0.29, 0.717) is 5.92 Å². The van der Waals surface area contributed by atoms with Crippen molar-refractivity contribution in [3.63, 3.8) is 0 Å². The third-order valence-corrected chi connectivity index (χ3v) is 2.02. The lowest BCUT2D eigenvalue weighted by molar-refractivity contribution is 0.0384. The second-order valence-electron chi connectivity index (χ2n) is 3.66. The number of hydrogen-bond donors (Lipinski definition) is 1. The predicted molar refractivity (Wildman–Crippen MR) is 42.2 cm³/mol. The van der Waals surface area contributed by atoms with Crippen LogP contribution in [-0.2, 0) is 5.11 Å². The standard InChI is InChI=1S/C8H18NO/c1-6(2)8(4,5)9-7(3)10/h6-7,9H,1-5H3. The quantitative estimate of drug-likeness (QED) is 0.602. The van der Waals surface area contributed by atoms with Crippen LogP contribution in [0.2, 0.25) is 0 Å². The van der Waals surface area contributed by atoms with E-state index in [2.05, 4.69) is 19.2 Å². The van der Waals surface area contributed by atoms with Crippen LogP contribution in [-0.4, -0.2) is 11.8 Å². The Bertz CT molecular complexity index is 97.4. The minimum absolute atomic E-state index is 0.0405. The molecule has 0 aromatic carbocycles. The van der Waals surface area contributed by atoms with Crippen molar-refractivity contribution in [1.29, 1.82) is 0 Å². The Kier molecular flexibility index (Phi) is 3.33. The first-order chi connectivity index (χ1) is 4.36. The van der Waals surface area contributed by atoms with Crippen molar-refractivity contribution in [3.05, 3.63) is 0 Å². The fourth-order valence-corrected chi connectivity index (χ4v) is 0.691. The topological polar surface area (TPSA) is 31.9 Å². The minimum Gasteiger partial charge on any atom is -0.284 e. The molecule has 10 heavy (non-hydrogen) atoms. The van der Waals surface area contributed by atoms with E-state index in [0.717, 1.165) is 0 Å². The third kappa shape index (κ3) is 3.18. The largest absolute Gasteiger partial charge is 0.284 e. The maximum atomic E-state index is 10.7. The lowest BCUT2D eigenvalue weighted by atomic mass is 9.91. The average molecular weight is 144 g/mol. The molecule has 0 rings (SSSR count). The Hall–Kier alpha value is -0.0800. The molecule has 0 saturated heterocycles. The Morgan fingerprint density at radius 1 is 1.20 bits per heavy atom. The molecule has 1 N–H and O–H groups in total. The van der Waals surface area contributed by atoms with Crippen LogP contribution in [0.25, 0.3) is 0 Å². The molecule has 0 bridgehead atoms. The molecule has 0 aliphatic carbocycles. The van der Waals surface area contributed by atoms with Gasteiger partial charge in [-0.15, -0.1) is 0 Å². The zero-order valence-electron chi connectivity index (χ0n) is 7.56. The summed E-state index contributed by atoms with van der Waals surface area (Å²) in [5.41, 5.74) is -0.0405. The molecule has 1 unspecified atom stereocenters. The van der Waals surface area contributed by atoms with Gasteiger partial charge >= 0.3 is 0 Å². The Balaban J connectivity index is 3.87. The number of rotatable bonds is 3. The highest BCUT2D eigenvalue weighted by Crippen LogP contribution is 2.15. The van der Waals surface area contributed by atoms with E-state index in [1.165, 1.54) is 0 Å². The Labute approximate surface area is 63.6 Å². The van der Waals surface area contributed by atoms with Gasteiger partial charge in [-0.2, -0.15) is 0 Å². The molecule has 0 aliphatic rings. The van der Waals surface area contributed by atoms with Gasteiger partial charge in [-0.3, -0.25) is 5.32 Å². The first kappa shape index (κ1) is 9.92. The van der Waals surface area contributed by atoms with Crippen molar-refractivity contribution in [2.24, 2.45) is 5.92 Å². The highest BCUT2D eigenvalue weighted by molar-refractivity contribution is 4.80. The van der Waals surface area contributed by atoms with Gasteiger partial charge in [0, 0.05) is 5.54 Å². The highest BCUT2D eigenvalue weighted by atomic mass is 16.3. The summed E-state index contributed by atoms with van der Waals surface area (Å²) in [7, 11) is 0. The molecular weight excluding hydrogens is 126 g/mol. The zero-order chi connectivity index (χ0) is 8.36. The van der Waals surface area contributed by atoms with E-state index in [9.17, 15) is 5.11 Å². The molecule has 0 aromatic heterocycles. The molecule has 2 heteroatoms. The fourth-order valence-electron chi connectivity index (χ4n) is 0.691. The lowest BCUT2D eigenvalue weighted by Gasteiger charge is -2.31. The van der Waals surface area contributed by atoms with E-state index in [4.69, 9.17) is 0 Å². The lowest BCUT2D eigenvalue weighted by Crippen LogP contribution is -2.47. The van der Waals surface area contributed by atoms with E-state index < -0.39 is 6.23 Å². The number of nitrogens with one attached hydrogen (secondary N) is 1. The smallest absolute Gasteiger partial charge is 0.141 e. The van der Waals surface area contributed by atoms with E-state index >= 15 is 0 Å². The van der Waals surface area contributed by atoms with Gasteiger partial charge in [0.2, 0.25) is 0 Å². The minimum atomic E-state index is -0.669. The molecule has 61 valence electrons. The second-order valence-corrected chi connectivity index (χ2v) is 3.66. The van der Waals surface area contributed by atoms with Gasteiger partial charge in [0.1, 0.15) is 6.23 Å². The molecule has 0 aromatic rings. The van der Waals surface area contributed by atoms with Gasteiger partial charge in [0.15, 0.2) is 0 Å². The molecule has 0 aliphatic heterocycles. The first-order valence-corrected chi connectivity index (χ1v) is 3.80. The first-order valence-electron chi connectivity index (χ1n) is 3.80. The van der Waals surface area contributed by atoms with E-state index in [1.807, 2.05) is 13.8 Å². The third-order valence-electron chi connectivity index (χ3n) is 2.02. The fraction of sp³-hybridized carbons (Fsp3) is 1.00. The molecule has 1 radical (unpaired) electrons. The zero-order valence-corrected chi connectivity index (χ0v) is 7.56. The summed E-state index contributed by atoms with van der Waals surface area (Å²) in [5, 5.41) is 13.7. The molecule has 0 heterocycles. The maximum absolute atomic E-state index is 10.7. The molecule has 0 saturated carbocycles. The van der Waals surface area contributed by atoms with Crippen molar-refractivity contribution in [3.8, 4) is 0 Å². The molecule has 0 amide bonds. The normalized spacial score (nSPS) is 15.9. The highest BCUT2D eigenvalue weighted by Gasteiger charge is 2.23. The van der Waals surface area contributed by atoms with Gasteiger partial charge in [0.25, 0.3) is 0 Å². The van der Waals surface area contributed by atoms with Gasteiger partial charge in [-0.25, -0.2) is 5.11 Å². The molecule has 2 nitrogen and oxygen atoms in total.